The molecule has 0 unspecified atom stereocenters. The van der Waals surface area contributed by atoms with Crippen LogP contribution >= 0.6 is 11.8 Å². The number of hydrogen-bond acceptors (Lipinski definition) is 3. The van der Waals surface area contributed by atoms with Crippen molar-refractivity contribution in [2.24, 2.45) is 5.73 Å². The number of unbranched alkanes of at least 4 members (excludes halogenated alkanes) is 2. The molecule has 14 heavy (non-hydrogen) atoms. The molecule has 0 fully saturated rings. The summed E-state index contributed by atoms with van der Waals surface area (Å²) < 4.78 is 0. The van der Waals surface area contributed by atoms with E-state index >= 15 is 0 Å². The molecule has 0 aliphatic heterocycles. The highest BCUT2D eigenvalue weighted by Gasteiger charge is 2.08. The van der Waals surface area contributed by atoms with Crippen molar-refractivity contribution in [1.29, 1.82) is 0 Å². The minimum absolute atomic E-state index is 0.0163. The molecule has 0 radical (unpaired) electrons. The number of amides is 1. The van der Waals surface area contributed by atoms with Crippen LogP contribution in [0.25, 0.3) is 0 Å². The molecule has 0 bridgehead atoms. The highest BCUT2D eigenvalue weighted by Crippen LogP contribution is 2.01. The van der Waals surface area contributed by atoms with Crippen molar-refractivity contribution in [2.45, 2.75) is 38.6 Å². The lowest BCUT2D eigenvalue weighted by Crippen LogP contribution is -2.40. The number of hydrogen-bond donors (Lipinski definition) is 2. The lowest BCUT2D eigenvalue weighted by Gasteiger charge is -2.09. The van der Waals surface area contributed by atoms with Gasteiger partial charge in [0.25, 0.3) is 0 Å². The Morgan fingerprint density at radius 3 is 2.71 bits per heavy atom. The molecule has 0 aliphatic carbocycles. The number of thioether (sulfide) groups is 1. The molecule has 1 amide bonds. The van der Waals surface area contributed by atoms with Gasteiger partial charge in [-0.25, -0.2) is 0 Å². The summed E-state index contributed by atoms with van der Waals surface area (Å²) in [5.74, 6) is 1.19. The van der Waals surface area contributed by atoms with Gasteiger partial charge < -0.3 is 11.1 Å². The van der Waals surface area contributed by atoms with Crippen molar-refractivity contribution in [2.75, 3.05) is 18.6 Å². The molecule has 0 aromatic rings. The average molecular weight is 218 g/mol. The number of carbonyl (C=O) groups excluding carboxylic acids is 1. The van der Waals surface area contributed by atoms with E-state index in [1.807, 2.05) is 18.7 Å². The summed E-state index contributed by atoms with van der Waals surface area (Å²) in [7, 11) is 0. The van der Waals surface area contributed by atoms with Gasteiger partial charge >= 0.3 is 0 Å². The minimum Gasteiger partial charge on any atom is -0.355 e. The van der Waals surface area contributed by atoms with E-state index in [9.17, 15) is 4.79 Å². The predicted octanol–water partition coefficient (Wildman–Crippen LogP) is 1.37. The fourth-order valence-electron chi connectivity index (χ4n) is 1.08. The van der Waals surface area contributed by atoms with Crippen LogP contribution in [0.5, 0.6) is 0 Å². The van der Waals surface area contributed by atoms with Crippen LogP contribution in [0.3, 0.4) is 0 Å². The monoisotopic (exact) mass is 218 g/mol. The van der Waals surface area contributed by atoms with E-state index in [4.69, 9.17) is 5.73 Å². The molecule has 0 heterocycles. The first-order valence-electron chi connectivity index (χ1n) is 5.24. The van der Waals surface area contributed by atoms with E-state index in [-0.39, 0.29) is 11.9 Å². The predicted molar refractivity (Wildman–Crippen MR) is 63.5 cm³/mol. The van der Waals surface area contributed by atoms with Crippen molar-refractivity contribution in [3.05, 3.63) is 0 Å². The Kier molecular flexibility index (Phi) is 9.19. The molecule has 0 saturated heterocycles. The summed E-state index contributed by atoms with van der Waals surface area (Å²) in [6.07, 6.45) is 6.29. The van der Waals surface area contributed by atoms with Crippen molar-refractivity contribution >= 4 is 17.7 Å². The molecule has 0 aliphatic rings. The second-order valence-corrected chi connectivity index (χ2v) is 4.34. The van der Waals surface area contributed by atoms with E-state index < -0.39 is 0 Å². The van der Waals surface area contributed by atoms with Gasteiger partial charge in [0.2, 0.25) is 5.91 Å². The molecule has 4 heteroatoms. The Balaban J connectivity index is 3.23. The highest BCUT2D eigenvalue weighted by atomic mass is 32.2. The third kappa shape index (κ3) is 7.21. The van der Waals surface area contributed by atoms with Gasteiger partial charge in [-0.05, 0) is 31.3 Å². The molecular formula is C10H22N2OS. The first-order valence-corrected chi connectivity index (χ1v) is 6.64. The normalized spacial score (nSPS) is 12.5. The van der Waals surface area contributed by atoms with E-state index in [0.717, 1.165) is 13.0 Å². The van der Waals surface area contributed by atoms with Crippen LogP contribution < -0.4 is 11.1 Å². The zero-order chi connectivity index (χ0) is 10.8. The molecule has 3 nitrogen and oxygen atoms in total. The van der Waals surface area contributed by atoms with Crippen molar-refractivity contribution in [3.63, 3.8) is 0 Å². The van der Waals surface area contributed by atoms with E-state index in [2.05, 4.69) is 11.6 Å². The highest BCUT2D eigenvalue weighted by molar-refractivity contribution is 7.98. The molecule has 84 valence electrons. The van der Waals surface area contributed by atoms with Crippen LogP contribution in [0.1, 0.15) is 32.6 Å². The summed E-state index contributed by atoms with van der Waals surface area (Å²) in [6, 6.07) is -0.332. The maximum atomic E-state index is 11.2. The SMILES string of the molecule is CC[C@H](N)C(=O)NCCCCCSC. The molecule has 0 rings (SSSR count). The second-order valence-electron chi connectivity index (χ2n) is 3.36. The maximum Gasteiger partial charge on any atom is 0.236 e. The smallest absolute Gasteiger partial charge is 0.236 e. The van der Waals surface area contributed by atoms with Crippen LogP contribution in [0.15, 0.2) is 0 Å². The lowest BCUT2D eigenvalue weighted by molar-refractivity contribution is -0.122. The van der Waals surface area contributed by atoms with E-state index in [1.165, 1.54) is 18.6 Å². The molecule has 0 saturated carbocycles. The first-order chi connectivity index (χ1) is 6.72. The Labute approximate surface area is 91.2 Å². The van der Waals surface area contributed by atoms with Crippen LogP contribution in [0.4, 0.5) is 0 Å². The summed E-state index contributed by atoms with van der Waals surface area (Å²) >= 11 is 1.87. The summed E-state index contributed by atoms with van der Waals surface area (Å²) in [5, 5.41) is 2.84. The van der Waals surface area contributed by atoms with Gasteiger partial charge in [0, 0.05) is 6.54 Å². The summed E-state index contributed by atoms with van der Waals surface area (Å²) in [6.45, 7) is 2.68. The molecule has 0 aromatic heterocycles. The quantitative estimate of drug-likeness (QED) is 0.605. The maximum absolute atomic E-state index is 11.2. The molecular weight excluding hydrogens is 196 g/mol. The summed E-state index contributed by atoms with van der Waals surface area (Å²) in [5.41, 5.74) is 5.56. The second kappa shape index (κ2) is 9.34. The Morgan fingerprint density at radius 1 is 1.43 bits per heavy atom. The Morgan fingerprint density at radius 2 is 2.14 bits per heavy atom. The van der Waals surface area contributed by atoms with Crippen molar-refractivity contribution < 1.29 is 4.79 Å². The zero-order valence-electron chi connectivity index (χ0n) is 9.21. The van der Waals surface area contributed by atoms with Crippen molar-refractivity contribution in [1.82, 2.24) is 5.32 Å². The minimum atomic E-state index is -0.332. The average Bonchev–Trinajstić information content (AvgIpc) is 2.21. The van der Waals surface area contributed by atoms with Gasteiger partial charge in [-0.1, -0.05) is 13.3 Å². The van der Waals surface area contributed by atoms with Crippen LogP contribution in [-0.2, 0) is 4.79 Å². The Bertz CT molecular complexity index is 153. The number of nitrogens with one attached hydrogen (secondary N) is 1. The van der Waals surface area contributed by atoms with Gasteiger partial charge in [0.1, 0.15) is 0 Å². The van der Waals surface area contributed by atoms with Crippen LogP contribution in [0.2, 0.25) is 0 Å². The number of carbonyl (C=O) groups is 1. The molecule has 0 aromatic carbocycles. The molecule has 1 atom stereocenters. The van der Waals surface area contributed by atoms with E-state index in [0.29, 0.717) is 6.42 Å². The third-order valence-corrected chi connectivity index (χ3v) is 2.80. The summed E-state index contributed by atoms with van der Waals surface area (Å²) in [4.78, 5) is 11.2. The third-order valence-electron chi connectivity index (χ3n) is 2.10. The van der Waals surface area contributed by atoms with E-state index in [1.54, 1.807) is 0 Å². The van der Waals surface area contributed by atoms with Crippen LogP contribution in [0, 0.1) is 0 Å². The first kappa shape index (κ1) is 13.8. The largest absolute Gasteiger partial charge is 0.355 e. The van der Waals surface area contributed by atoms with Gasteiger partial charge in [-0.2, -0.15) is 11.8 Å². The molecule has 0 spiro atoms. The Hall–Kier alpha value is -0.220. The van der Waals surface area contributed by atoms with Gasteiger partial charge in [0.15, 0.2) is 0 Å². The number of nitrogens with two attached hydrogens (primary N) is 1. The fraction of sp³-hybridized carbons (Fsp3) is 0.900. The lowest BCUT2D eigenvalue weighted by atomic mass is 10.2. The van der Waals surface area contributed by atoms with Crippen molar-refractivity contribution in [3.8, 4) is 0 Å². The standard InChI is InChI=1S/C10H22N2OS/c1-3-9(11)10(13)12-7-5-4-6-8-14-2/h9H,3-8,11H2,1-2H3,(H,12,13)/t9-/m0/s1. The van der Waals surface area contributed by atoms with Gasteiger partial charge in [0.05, 0.1) is 6.04 Å². The van der Waals surface area contributed by atoms with Crippen LogP contribution in [-0.4, -0.2) is 30.5 Å². The van der Waals surface area contributed by atoms with Gasteiger partial charge in [-0.3, -0.25) is 4.79 Å². The number of rotatable bonds is 8. The topological polar surface area (TPSA) is 55.1 Å². The fourth-order valence-corrected chi connectivity index (χ4v) is 1.57. The zero-order valence-corrected chi connectivity index (χ0v) is 10.0. The van der Waals surface area contributed by atoms with Gasteiger partial charge in [-0.15, -0.1) is 0 Å². The molecule has 3 N–H and O–H groups in total.